The number of halogens is 5. The first-order valence-corrected chi connectivity index (χ1v) is 6.21. The van der Waals surface area contributed by atoms with E-state index in [-0.39, 0.29) is 28.5 Å². The Bertz CT molecular complexity index is 493. The molecule has 0 saturated heterocycles. The van der Waals surface area contributed by atoms with E-state index in [2.05, 4.69) is 6.58 Å². The summed E-state index contributed by atoms with van der Waals surface area (Å²) < 4.78 is 40.2. The van der Waals surface area contributed by atoms with Crippen LogP contribution in [0.5, 0.6) is 0 Å². The van der Waals surface area contributed by atoms with Crippen molar-refractivity contribution >= 4 is 23.2 Å². The zero-order chi connectivity index (χ0) is 13.6. The van der Waals surface area contributed by atoms with Crippen molar-refractivity contribution in [2.75, 3.05) is 0 Å². The maximum absolute atomic E-state index is 13.4. The Morgan fingerprint density at radius 2 is 1.83 bits per heavy atom. The molecule has 1 fully saturated rings. The molecule has 2 rings (SSSR count). The Kier molecular flexibility index (Phi) is 3.41. The summed E-state index contributed by atoms with van der Waals surface area (Å²) in [5.41, 5.74) is -1.07. The molecule has 1 unspecified atom stereocenters. The summed E-state index contributed by atoms with van der Waals surface area (Å²) in [7, 11) is 0. The second kappa shape index (κ2) is 4.46. The van der Waals surface area contributed by atoms with Gasteiger partial charge in [0.05, 0.1) is 15.5 Å². The quantitative estimate of drug-likeness (QED) is 0.597. The standard InChI is InChI=1S/C13H11Cl2F3/c1-8-4-5-12(7-8,13(16,17)18)9-2-3-10(14)11(15)6-9/h2-3,6H,1,4-5,7H2. The molecule has 0 bridgehead atoms. The Morgan fingerprint density at radius 1 is 1.17 bits per heavy atom. The SMILES string of the molecule is C=C1CCC(c2ccc(Cl)c(Cl)c2)(C(F)(F)F)C1. The summed E-state index contributed by atoms with van der Waals surface area (Å²) in [6, 6.07) is 4.13. The minimum absolute atomic E-state index is 0.0211. The second-order valence-corrected chi connectivity index (χ2v) is 5.45. The van der Waals surface area contributed by atoms with Crippen molar-refractivity contribution in [2.24, 2.45) is 0 Å². The van der Waals surface area contributed by atoms with E-state index in [0.717, 1.165) is 0 Å². The van der Waals surface area contributed by atoms with Gasteiger partial charge in [-0.3, -0.25) is 0 Å². The molecule has 1 aromatic carbocycles. The van der Waals surface area contributed by atoms with Crippen LogP contribution in [0.15, 0.2) is 30.4 Å². The minimum atomic E-state index is -4.32. The zero-order valence-electron chi connectivity index (χ0n) is 9.45. The normalized spacial score (nSPS) is 24.6. The zero-order valence-corrected chi connectivity index (χ0v) is 11.0. The van der Waals surface area contributed by atoms with E-state index in [1.807, 2.05) is 0 Å². The molecular weight excluding hydrogens is 284 g/mol. The molecule has 0 radical (unpaired) electrons. The van der Waals surface area contributed by atoms with Gasteiger partial charge in [-0.05, 0) is 37.0 Å². The van der Waals surface area contributed by atoms with Crippen LogP contribution in [0.2, 0.25) is 10.0 Å². The summed E-state index contributed by atoms with van der Waals surface area (Å²) >= 11 is 11.6. The summed E-state index contributed by atoms with van der Waals surface area (Å²) in [5, 5.41) is 0.407. The highest BCUT2D eigenvalue weighted by Crippen LogP contribution is 2.54. The van der Waals surface area contributed by atoms with Crippen molar-refractivity contribution in [1.29, 1.82) is 0 Å². The Morgan fingerprint density at radius 3 is 2.28 bits per heavy atom. The number of rotatable bonds is 1. The summed E-state index contributed by atoms with van der Waals surface area (Å²) in [6.45, 7) is 3.67. The molecule has 1 saturated carbocycles. The fourth-order valence-corrected chi connectivity index (χ4v) is 2.74. The Labute approximate surface area is 113 Å². The van der Waals surface area contributed by atoms with E-state index in [4.69, 9.17) is 23.2 Å². The third-order valence-corrected chi connectivity index (χ3v) is 4.21. The van der Waals surface area contributed by atoms with E-state index in [1.54, 1.807) is 0 Å². The fraction of sp³-hybridized carbons (Fsp3) is 0.385. The molecule has 0 heterocycles. The maximum Gasteiger partial charge on any atom is 0.398 e. The van der Waals surface area contributed by atoms with Crippen LogP contribution in [-0.4, -0.2) is 6.18 Å². The van der Waals surface area contributed by atoms with Crippen LogP contribution in [-0.2, 0) is 5.41 Å². The summed E-state index contributed by atoms with van der Waals surface area (Å²) in [5.74, 6) is 0. The van der Waals surface area contributed by atoms with Gasteiger partial charge in [0.15, 0.2) is 0 Å². The van der Waals surface area contributed by atoms with Crippen molar-refractivity contribution in [3.05, 3.63) is 46.0 Å². The lowest BCUT2D eigenvalue weighted by atomic mass is 9.78. The van der Waals surface area contributed by atoms with Gasteiger partial charge in [0, 0.05) is 0 Å². The third-order valence-electron chi connectivity index (χ3n) is 3.47. The average molecular weight is 295 g/mol. The molecule has 0 aromatic heterocycles. The van der Waals surface area contributed by atoms with Gasteiger partial charge in [-0.2, -0.15) is 13.2 Å². The van der Waals surface area contributed by atoms with Crippen LogP contribution < -0.4 is 0 Å². The molecule has 0 N–H and O–H groups in total. The molecule has 0 nitrogen and oxygen atoms in total. The van der Waals surface area contributed by atoms with Crippen LogP contribution >= 0.6 is 23.2 Å². The molecule has 0 spiro atoms. The molecular formula is C13H11Cl2F3. The van der Waals surface area contributed by atoms with Crippen LogP contribution in [0.3, 0.4) is 0 Å². The largest absolute Gasteiger partial charge is 0.398 e. The average Bonchev–Trinajstić information content (AvgIpc) is 2.65. The van der Waals surface area contributed by atoms with E-state index in [1.165, 1.54) is 18.2 Å². The molecule has 0 aliphatic heterocycles. The third kappa shape index (κ3) is 2.14. The maximum atomic E-state index is 13.4. The monoisotopic (exact) mass is 294 g/mol. The first-order valence-electron chi connectivity index (χ1n) is 5.45. The van der Waals surface area contributed by atoms with Gasteiger partial charge >= 0.3 is 6.18 Å². The number of benzene rings is 1. The topological polar surface area (TPSA) is 0 Å². The van der Waals surface area contributed by atoms with E-state index >= 15 is 0 Å². The van der Waals surface area contributed by atoms with Gasteiger partial charge in [0.1, 0.15) is 0 Å². The molecule has 1 aromatic rings. The highest BCUT2D eigenvalue weighted by molar-refractivity contribution is 6.42. The van der Waals surface area contributed by atoms with Crippen molar-refractivity contribution in [3.63, 3.8) is 0 Å². The molecule has 18 heavy (non-hydrogen) atoms. The highest BCUT2D eigenvalue weighted by atomic mass is 35.5. The van der Waals surface area contributed by atoms with Gasteiger partial charge in [-0.15, -0.1) is 0 Å². The van der Waals surface area contributed by atoms with Gasteiger partial charge in [-0.25, -0.2) is 0 Å². The van der Waals surface area contributed by atoms with Crippen LogP contribution in [0.4, 0.5) is 13.2 Å². The van der Waals surface area contributed by atoms with Crippen LogP contribution in [0, 0.1) is 0 Å². The van der Waals surface area contributed by atoms with E-state index in [0.29, 0.717) is 12.0 Å². The molecule has 1 aliphatic carbocycles. The molecule has 0 amide bonds. The predicted molar refractivity (Wildman–Crippen MR) is 67.2 cm³/mol. The summed E-state index contributed by atoms with van der Waals surface area (Å²) in [4.78, 5) is 0. The van der Waals surface area contributed by atoms with Crippen molar-refractivity contribution < 1.29 is 13.2 Å². The van der Waals surface area contributed by atoms with Crippen LogP contribution in [0.1, 0.15) is 24.8 Å². The second-order valence-electron chi connectivity index (χ2n) is 4.64. The molecule has 1 aliphatic rings. The number of allylic oxidation sites excluding steroid dienone is 1. The first-order chi connectivity index (χ1) is 8.26. The van der Waals surface area contributed by atoms with Gasteiger partial charge in [0.2, 0.25) is 0 Å². The summed E-state index contributed by atoms with van der Waals surface area (Å²) in [6.07, 6.45) is -3.98. The van der Waals surface area contributed by atoms with Gasteiger partial charge in [0.25, 0.3) is 0 Å². The smallest absolute Gasteiger partial charge is 0.170 e. The van der Waals surface area contributed by atoms with Crippen molar-refractivity contribution in [3.8, 4) is 0 Å². The highest BCUT2D eigenvalue weighted by Gasteiger charge is 2.57. The minimum Gasteiger partial charge on any atom is -0.170 e. The number of hydrogen-bond donors (Lipinski definition) is 0. The lowest BCUT2D eigenvalue weighted by Gasteiger charge is -2.32. The van der Waals surface area contributed by atoms with Crippen molar-refractivity contribution in [2.45, 2.75) is 30.9 Å². The Hall–Kier alpha value is -0.670. The van der Waals surface area contributed by atoms with E-state index < -0.39 is 11.6 Å². The Balaban J connectivity index is 2.54. The lowest BCUT2D eigenvalue weighted by molar-refractivity contribution is -0.188. The van der Waals surface area contributed by atoms with Gasteiger partial charge in [-0.1, -0.05) is 41.4 Å². The number of alkyl halides is 3. The predicted octanol–water partition coefficient (Wildman–Crippen LogP) is 5.53. The molecule has 1 atom stereocenters. The fourth-order valence-electron chi connectivity index (χ4n) is 2.44. The molecule has 98 valence electrons. The van der Waals surface area contributed by atoms with Gasteiger partial charge < -0.3 is 0 Å². The van der Waals surface area contributed by atoms with Crippen molar-refractivity contribution in [1.82, 2.24) is 0 Å². The molecule has 5 heteroatoms. The van der Waals surface area contributed by atoms with Crippen LogP contribution in [0.25, 0.3) is 0 Å². The van der Waals surface area contributed by atoms with E-state index in [9.17, 15) is 13.2 Å². The number of hydrogen-bond acceptors (Lipinski definition) is 0. The lowest BCUT2D eigenvalue weighted by Crippen LogP contribution is -2.39. The first kappa shape index (κ1) is 13.8.